The molecule has 1 N–H and O–H groups in total. The van der Waals surface area contributed by atoms with Crippen molar-refractivity contribution >= 4 is 17.8 Å². The molecule has 4 atom stereocenters. The van der Waals surface area contributed by atoms with Crippen LogP contribution in [-0.4, -0.2) is 74.3 Å². The minimum atomic E-state index is -0.823. The number of morpholine rings is 1. The van der Waals surface area contributed by atoms with Crippen LogP contribution in [0.25, 0.3) is 0 Å². The predicted octanol–water partition coefficient (Wildman–Crippen LogP) is 1.12. The molecule has 0 aromatic rings. The molecule has 2 saturated heterocycles. The zero-order chi connectivity index (χ0) is 19.2. The maximum Gasteiger partial charge on any atom is 0.408 e. The van der Waals surface area contributed by atoms with Crippen molar-refractivity contribution in [1.29, 1.82) is 0 Å². The molecule has 3 rings (SSSR count). The maximum absolute atomic E-state index is 13.0. The van der Waals surface area contributed by atoms with Crippen LogP contribution in [0.2, 0.25) is 0 Å². The van der Waals surface area contributed by atoms with Gasteiger partial charge in [-0.1, -0.05) is 26.2 Å². The lowest BCUT2D eigenvalue weighted by molar-refractivity contribution is -0.145. The normalized spacial score (nSPS) is 30.0. The molecular formula is C19H30N2O6. The van der Waals surface area contributed by atoms with Crippen LogP contribution in [0, 0.1) is 11.8 Å². The fourth-order valence-electron chi connectivity index (χ4n) is 4.16. The molecule has 2 heterocycles. The lowest BCUT2D eigenvalue weighted by Crippen LogP contribution is -2.49. The highest BCUT2D eigenvalue weighted by molar-refractivity contribution is 5.90. The lowest BCUT2D eigenvalue weighted by atomic mass is 9.79. The number of hydrogen-bond donors (Lipinski definition) is 1. The van der Waals surface area contributed by atoms with Gasteiger partial charge in [-0.2, -0.15) is 0 Å². The van der Waals surface area contributed by atoms with E-state index in [1.807, 2.05) is 0 Å². The maximum atomic E-state index is 13.0. The molecule has 0 aromatic heterocycles. The number of ether oxygens (including phenoxy) is 3. The van der Waals surface area contributed by atoms with Gasteiger partial charge in [-0.25, -0.2) is 4.79 Å². The van der Waals surface area contributed by atoms with Crippen molar-refractivity contribution < 1.29 is 28.6 Å². The Labute approximate surface area is 159 Å². The number of carbonyl (C=O) groups is 3. The highest BCUT2D eigenvalue weighted by atomic mass is 16.6. The first-order valence-corrected chi connectivity index (χ1v) is 9.97. The Bertz CT molecular complexity index is 548. The molecule has 8 nitrogen and oxygen atoms in total. The largest absolute Gasteiger partial charge is 0.436 e. The Hall–Kier alpha value is -1.67. The van der Waals surface area contributed by atoms with E-state index in [-0.39, 0.29) is 24.9 Å². The van der Waals surface area contributed by atoms with Crippen LogP contribution in [0.15, 0.2) is 0 Å². The highest BCUT2D eigenvalue weighted by Crippen LogP contribution is 2.32. The average molecular weight is 382 g/mol. The molecule has 152 valence electrons. The standard InChI is InChI=1S/C19H30N2O6/c1-13-3-2-4-14(9-13)10-17(18(23)21-5-7-25-8-6-21)27-19(24)20-15-11-26-12-16(15)22/h13-15,17H,2-12H2,1H3,(H,20,24)/t13?,14?,15-,17+/m1/s1. The summed E-state index contributed by atoms with van der Waals surface area (Å²) in [5.74, 6) is 0.655. The SMILES string of the molecule is CC1CCCC(C[C@H](OC(=O)N[C@@H]2COCC2=O)C(=O)N2CCOCC2)C1. The van der Waals surface area contributed by atoms with Crippen LogP contribution >= 0.6 is 0 Å². The van der Waals surface area contributed by atoms with Crippen LogP contribution in [-0.2, 0) is 23.8 Å². The van der Waals surface area contributed by atoms with E-state index in [0.717, 1.165) is 19.3 Å². The number of carbonyl (C=O) groups excluding carboxylic acids is 3. The summed E-state index contributed by atoms with van der Waals surface area (Å²) in [7, 11) is 0. The van der Waals surface area contributed by atoms with Crippen molar-refractivity contribution in [1.82, 2.24) is 10.2 Å². The Balaban J connectivity index is 1.61. The fourth-order valence-corrected chi connectivity index (χ4v) is 4.16. The number of nitrogens with zero attached hydrogens (tertiary/aromatic N) is 1. The van der Waals surface area contributed by atoms with Gasteiger partial charge in [0.05, 0.1) is 19.8 Å². The number of hydrogen-bond acceptors (Lipinski definition) is 6. The molecule has 1 aliphatic carbocycles. The van der Waals surface area contributed by atoms with Gasteiger partial charge in [-0.15, -0.1) is 0 Å². The molecule has 0 bridgehead atoms. The zero-order valence-electron chi connectivity index (χ0n) is 16.0. The summed E-state index contributed by atoms with van der Waals surface area (Å²) in [5, 5.41) is 2.53. The molecule has 2 amide bonds. The second-order valence-corrected chi connectivity index (χ2v) is 7.88. The van der Waals surface area contributed by atoms with Gasteiger partial charge in [-0.3, -0.25) is 9.59 Å². The Morgan fingerprint density at radius 3 is 2.70 bits per heavy atom. The third-order valence-corrected chi connectivity index (χ3v) is 5.65. The van der Waals surface area contributed by atoms with E-state index in [0.29, 0.717) is 44.6 Å². The first-order chi connectivity index (χ1) is 13.0. The third-order valence-electron chi connectivity index (χ3n) is 5.65. The Kier molecular flexibility index (Phi) is 7.07. The van der Waals surface area contributed by atoms with Crippen molar-refractivity contribution in [2.75, 3.05) is 39.5 Å². The van der Waals surface area contributed by atoms with E-state index in [1.165, 1.54) is 6.42 Å². The number of rotatable bonds is 5. The molecule has 0 spiro atoms. The van der Waals surface area contributed by atoms with Gasteiger partial charge in [-0.05, 0) is 24.7 Å². The summed E-state index contributed by atoms with van der Waals surface area (Å²) in [6.45, 7) is 4.40. The summed E-state index contributed by atoms with van der Waals surface area (Å²) in [6, 6.07) is -0.689. The molecule has 2 unspecified atom stereocenters. The van der Waals surface area contributed by atoms with Gasteiger partial charge in [0.25, 0.3) is 5.91 Å². The molecule has 0 aromatic carbocycles. The van der Waals surface area contributed by atoms with E-state index < -0.39 is 18.2 Å². The third kappa shape index (κ3) is 5.65. The fraction of sp³-hybridized carbons (Fsp3) is 0.842. The van der Waals surface area contributed by atoms with Crippen LogP contribution in [0.4, 0.5) is 4.79 Å². The summed E-state index contributed by atoms with van der Waals surface area (Å²) in [6.07, 6.45) is 3.44. The number of Topliss-reactive ketones (excluding diaryl/α,β-unsaturated/α-hetero) is 1. The molecule has 2 aliphatic heterocycles. The average Bonchev–Trinajstić information content (AvgIpc) is 3.06. The minimum absolute atomic E-state index is 0.00104. The number of nitrogens with one attached hydrogen (secondary N) is 1. The summed E-state index contributed by atoms with van der Waals surface area (Å²) in [5.41, 5.74) is 0. The molecule has 27 heavy (non-hydrogen) atoms. The van der Waals surface area contributed by atoms with Crippen molar-refractivity contribution in [3.63, 3.8) is 0 Å². The van der Waals surface area contributed by atoms with E-state index in [9.17, 15) is 14.4 Å². The van der Waals surface area contributed by atoms with Crippen molar-refractivity contribution in [3.8, 4) is 0 Å². The van der Waals surface area contributed by atoms with Gasteiger partial charge < -0.3 is 24.4 Å². The number of ketones is 1. The van der Waals surface area contributed by atoms with E-state index in [2.05, 4.69) is 12.2 Å². The van der Waals surface area contributed by atoms with Crippen molar-refractivity contribution in [3.05, 3.63) is 0 Å². The second kappa shape index (κ2) is 9.50. The molecule has 8 heteroatoms. The lowest BCUT2D eigenvalue weighted by Gasteiger charge is -2.33. The first kappa shape index (κ1) is 20.1. The summed E-state index contributed by atoms with van der Waals surface area (Å²) < 4.78 is 15.9. The van der Waals surface area contributed by atoms with Gasteiger partial charge in [0.2, 0.25) is 0 Å². The molecular weight excluding hydrogens is 352 g/mol. The molecule has 1 saturated carbocycles. The topological polar surface area (TPSA) is 94.2 Å². The second-order valence-electron chi connectivity index (χ2n) is 7.88. The Morgan fingerprint density at radius 1 is 1.26 bits per heavy atom. The summed E-state index contributed by atoms with van der Waals surface area (Å²) >= 11 is 0. The quantitative estimate of drug-likeness (QED) is 0.766. The van der Waals surface area contributed by atoms with Crippen molar-refractivity contribution in [2.24, 2.45) is 11.8 Å². The van der Waals surface area contributed by atoms with Crippen LogP contribution in [0.1, 0.15) is 39.0 Å². The molecule has 3 fully saturated rings. The van der Waals surface area contributed by atoms with Gasteiger partial charge in [0.1, 0.15) is 12.6 Å². The highest BCUT2D eigenvalue weighted by Gasteiger charge is 2.34. The molecule has 3 aliphatic rings. The molecule has 0 radical (unpaired) electrons. The van der Waals surface area contributed by atoms with E-state index in [4.69, 9.17) is 14.2 Å². The van der Waals surface area contributed by atoms with Crippen molar-refractivity contribution in [2.45, 2.75) is 51.2 Å². The zero-order valence-corrected chi connectivity index (χ0v) is 16.0. The summed E-state index contributed by atoms with van der Waals surface area (Å²) in [4.78, 5) is 38.6. The monoisotopic (exact) mass is 382 g/mol. The minimum Gasteiger partial charge on any atom is -0.436 e. The first-order valence-electron chi connectivity index (χ1n) is 9.97. The van der Waals surface area contributed by atoms with E-state index in [1.54, 1.807) is 4.90 Å². The van der Waals surface area contributed by atoms with Gasteiger partial charge in [0.15, 0.2) is 11.9 Å². The smallest absolute Gasteiger partial charge is 0.408 e. The number of amides is 2. The number of alkyl carbamates (subject to hydrolysis) is 1. The van der Waals surface area contributed by atoms with E-state index >= 15 is 0 Å². The predicted molar refractivity (Wildman–Crippen MR) is 96.2 cm³/mol. The van der Waals surface area contributed by atoms with Gasteiger partial charge in [0, 0.05) is 13.1 Å². The van der Waals surface area contributed by atoms with Crippen LogP contribution < -0.4 is 5.32 Å². The Morgan fingerprint density at radius 2 is 2.04 bits per heavy atom. The van der Waals surface area contributed by atoms with Crippen LogP contribution in [0.3, 0.4) is 0 Å². The van der Waals surface area contributed by atoms with Gasteiger partial charge >= 0.3 is 6.09 Å². The van der Waals surface area contributed by atoms with Crippen LogP contribution in [0.5, 0.6) is 0 Å².